The van der Waals surface area contributed by atoms with E-state index >= 15 is 0 Å². The molecule has 4 rings (SSSR count). The summed E-state index contributed by atoms with van der Waals surface area (Å²) in [7, 11) is -1.78. The molecule has 6 heteroatoms. The maximum Gasteiger partial charge on any atom is 0.242 e. The van der Waals surface area contributed by atoms with Crippen molar-refractivity contribution < 1.29 is 8.42 Å². The third kappa shape index (κ3) is 6.70. The van der Waals surface area contributed by atoms with Crippen LogP contribution in [0, 0.1) is 0 Å². The first-order valence-corrected chi connectivity index (χ1v) is 13.3. The summed E-state index contributed by atoms with van der Waals surface area (Å²) in [5, 5.41) is 0. The number of rotatable bonds is 9. The summed E-state index contributed by atoms with van der Waals surface area (Å²) in [6.45, 7) is 3.63. The Kier molecular flexibility index (Phi) is 9.72. The fourth-order valence-corrected chi connectivity index (χ4v) is 6.01. The fourth-order valence-electron chi connectivity index (χ4n) is 4.80. The molecule has 0 aliphatic carbocycles. The van der Waals surface area contributed by atoms with Crippen LogP contribution in [0.5, 0.6) is 0 Å². The van der Waals surface area contributed by atoms with Crippen LogP contribution in [0.25, 0.3) is 0 Å². The second kappa shape index (κ2) is 12.5. The van der Waals surface area contributed by atoms with Crippen molar-refractivity contribution in [3.05, 3.63) is 102 Å². The molecule has 4 nitrogen and oxygen atoms in total. The maximum atomic E-state index is 13.0. The van der Waals surface area contributed by atoms with E-state index < -0.39 is 10.0 Å². The molecular weight excluding hydrogens is 464 g/mol. The molecule has 182 valence electrons. The van der Waals surface area contributed by atoms with E-state index in [9.17, 15) is 8.42 Å². The molecule has 3 aromatic rings. The summed E-state index contributed by atoms with van der Waals surface area (Å²) in [4.78, 5) is 2.91. The minimum absolute atomic E-state index is 0. The Labute approximate surface area is 211 Å². The Morgan fingerprint density at radius 2 is 1.38 bits per heavy atom. The monoisotopic (exact) mass is 498 g/mol. The molecule has 1 aliphatic rings. The van der Waals surface area contributed by atoms with Gasteiger partial charge in [0.15, 0.2) is 0 Å². The van der Waals surface area contributed by atoms with Crippen molar-refractivity contribution in [2.75, 3.05) is 33.2 Å². The van der Waals surface area contributed by atoms with Crippen molar-refractivity contribution in [2.45, 2.75) is 36.0 Å². The van der Waals surface area contributed by atoms with Crippen LogP contribution >= 0.6 is 12.4 Å². The van der Waals surface area contributed by atoms with Gasteiger partial charge in [-0.2, -0.15) is 0 Å². The van der Waals surface area contributed by atoms with Gasteiger partial charge in [0.1, 0.15) is 0 Å². The molecule has 0 amide bonds. The van der Waals surface area contributed by atoms with E-state index in [1.54, 1.807) is 31.3 Å². The van der Waals surface area contributed by atoms with Crippen LogP contribution in [-0.2, 0) is 10.0 Å². The molecule has 1 saturated heterocycles. The molecule has 1 aliphatic heterocycles. The standard InChI is InChI=1S/C28H34N2O2S.ClH/c1-29(33(31,32)28-15-9-4-10-16-28)20-17-27(25-13-7-3-8-14-25)23-30-21-18-26(19-22-30)24-11-5-2-6-12-24;/h2-16,26-27H,17-23H2,1H3;1H/t27-;/m0./s1. The fraction of sp³-hybridized carbons (Fsp3) is 0.357. The van der Waals surface area contributed by atoms with Crippen LogP contribution in [0.1, 0.15) is 42.2 Å². The number of hydrogen-bond acceptors (Lipinski definition) is 3. The molecule has 1 fully saturated rings. The predicted molar refractivity (Wildman–Crippen MR) is 142 cm³/mol. The second-order valence-electron chi connectivity index (χ2n) is 9.02. The van der Waals surface area contributed by atoms with Gasteiger partial charge >= 0.3 is 0 Å². The molecule has 1 atom stereocenters. The highest BCUT2D eigenvalue weighted by atomic mass is 35.5. The van der Waals surface area contributed by atoms with Gasteiger partial charge in [-0.1, -0.05) is 78.9 Å². The second-order valence-corrected chi connectivity index (χ2v) is 11.1. The zero-order valence-corrected chi connectivity index (χ0v) is 21.4. The molecule has 0 unspecified atom stereocenters. The number of sulfonamides is 1. The lowest BCUT2D eigenvalue weighted by atomic mass is 9.88. The lowest BCUT2D eigenvalue weighted by Crippen LogP contribution is -2.37. The van der Waals surface area contributed by atoms with Crippen molar-refractivity contribution in [3.8, 4) is 0 Å². The Bertz CT molecular complexity index is 1090. The highest BCUT2D eigenvalue weighted by Gasteiger charge is 2.25. The summed E-state index contributed by atoms with van der Waals surface area (Å²) in [6.07, 6.45) is 3.15. The van der Waals surface area contributed by atoms with Gasteiger partial charge in [0.2, 0.25) is 10.0 Å². The van der Waals surface area contributed by atoms with Crippen molar-refractivity contribution >= 4 is 22.4 Å². The number of piperidine rings is 1. The van der Waals surface area contributed by atoms with Gasteiger partial charge in [-0.15, -0.1) is 12.4 Å². The largest absolute Gasteiger partial charge is 0.303 e. The Balaban J connectivity index is 0.00000324. The molecule has 1 heterocycles. The van der Waals surface area contributed by atoms with E-state index in [0.29, 0.717) is 23.3 Å². The van der Waals surface area contributed by atoms with Crippen molar-refractivity contribution in [2.24, 2.45) is 0 Å². The van der Waals surface area contributed by atoms with E-state index in [-0.39, 0.29) is 12.4 Å². The Morgan fingerprint density at radius 3 is 1.97 bits per heavy atom. The lowest BCUT2D eigenvalue weighted by Gasteiger charge is -2.35. The normalized spacial score (nSPS) is 16.2. The van der Waals surface area contributed by atoms with E-state index in [0.717, 1.165) is 26.1 Å². The number of likely N-dealkylation sites (tertiary alicyclic amines) is 1. The number of nitrogens with zero attached hydrogens (tertiary/aromatic N) is 2. The third-order valence-electron chi connectivity index (χ3n) is 6.85. The van der Waals surface area contributed by atoms with Crippen molar-refractivity contribution in [1.82, 2.24) is 9.21 Å². The Hall–Kier alpha value is -2.18. The van der Waals surface area contributed by atoms with Crippen LogP contribution in [-0.4, -0.2) is 50.8 Å². The summed E-state index contributed by atoms with van der Waals surface area (Å²) >= 11 is 0. The topological polar surface area (TPSA) is 40.6 Å². The average Bonchev–Trinajstić information content (AvgIpc) is 2.88. The third-order valence-corrected chi connectivity index (χ3v) is 8.72. The van der Waals surface area contributed by atoms with Crippen LogP contribution in [0.15, 0.2) is 95.9 Å². The van der Waals surface area contributed by atoms with E-state index in [1.165, 1.54) is 28.3 Å². The molecule has 0 N–H and O–H groups in total. The zero-order valence-electron chi connectivity index (χ0n) is 19.8. The Morgan fingerprint density at radius 1 is 0.853 bits per heavy atom. The smallest absolute Gasteiger partial charge is 0.242 e. The predicted octanol–water partition coefficient (Wildman–Crippen LogP) is 5.78. The SMILES string of the molecule is CN(CC[C@@H](CN1CCC(c2ccccc2)CC1)c1ccccc1)S(=O)(=O)c1ccccc1.Cl. The summed E-state index contributed by atoms with van der Waals surface area (Å²) in [5.41, 5.74) is 2.73. The quantitative estimate of drug-likeness (QED) is 0.375. The minimum Gasteiger partial charge on any atom is -0.303 e. The van der Waals surface area contributed by atoms with E-state index in [1.807, 2.05) is 12.1 Å². The van der Waals surface area contributed by atoms with Crippen molar-refractivity contribution in [3.63, 3.8) is 0 Å². The molecular formula is C28H35ClN2O2S. The first-order chi connectivity index (χ1) is 16.0. The van der Waals surface area contributed by atoms with Crippen molar-refractivity contribution in [1.29, 1.82) is 0 Å². The van der Waals surface area contributed by atoms with Crippen LogP contribution < -0.4 is 0 Å². The molecule has 0 aromatic heterocycles. The van der Waals surface area contributed by atoms with Crippen LogP contribution in [0.2, 0.25) is 0 Å². The number of halogens is 1. The van der Waals surface area contributed by atoms with Gasteiger partial charge in [0.05, 0.1) is 4.90 Å². The minimum atomic E-state index is -3.47. The summed E-state index contributed by atoms with van der Waals surface area (Å²) < 4.78 is 27.4. The highest BCUT2D eigenvalue weighted by Crippen LogP contribution is 2.30. The molecule has 34 heavy (non-hydrogen) atoms. The average molecular weight is 499 g/mol. The summed E-state index contributed by atoms with van der Waals surface area (Å²) in [6, 6.07) is 30.1. The van der Waals surface area contributed by atoms with E-state index in [2.05, 4.69) is 59.5 Å². The zero-order chi connectivity index (χ0) is 23.1. The van der Waals surface area contributed by atoms with Gasteiger partial charge in [-0.25, -0.2) is 12.7 Å². The van der Waals surface area contributed by atoms with Gasteiger partial charge in [0.25, 0.3) is 0 Å². The van der Waals surface area contributed by atoms with Gasteiger partial charge in [-0.05, 0) is 67.4 Å². The molecule has 3 aromatic carbocycles. The number of hydrogen-bond donors (Lipinski definition) is 0. The van der Waals surface area contributed by atoms with Gasteiger partial charge < -0.3 is 4.90 Å². The molecule has 0 bridgehead atoms. The first-order valence-electron chi connectivity index (χ1n) is 11.9. The molecule has 0 saturated carbocycles. The first kappa shape index (κ1) is 26.4. The van der Waals surface area contributed by atoms with E-state index in [4.69, 9.17) is 0 Å². The lowest BCUT2D eigenvalue weighted by molar-refractivity contribution is 0.196. The summed E-state index contributed by atoms with van der Waals surface area (Å²) in [5.74, 6) is 0.938. The van der Waals surface area contributed by atoms with Crippen LogP contribution in [0.3, 0.4) is 0 Å². The molecule has 0 spiro atoms. The molecule has 0 radical (unpaired) electrons. The highest BCUT2D eigenvalue weighted by molar-refractivity contribution is 7.89. The number of benzene rings is 3. The van der Waals surface area contributed by atoms with Crippen LogP contribution in [0.4, 0.5) is 0 Å². The maximum absolute atomic E-state index is 13.0. The van der Waals surface area contributed by atoms with Gasteiger partial charge in [0, 0.05) is 20.1 Å². The van der Waals surface area contributed by atoms with Gasteiger partial charge in [-0.3, -0.25) is 0 Å².